The molecular weight excluding hydrogens is 208 g/mol. The molecule has 98 valence electrons. The van der Waals surface area contributed by atoms with E-state index in [1.54, 1.807) is 0 Å². The number of nitrogens with one attached hydrogen (secondary N) is 1. The van der Waals surface area contributed by atoms with E-state index in [2.05, 4.69) is 17.1 Å². The van der Waals surface area contributed by atoms with Crippen molar-refractivity contribution in [3.8, 4) is 0 Å². The van der Waals surface area contributed by atoms with Gasteiger partial charge in [-0.15, -0.1) is 0 Å². The molecule has 2 heterocycles. The molecule has 1 saturated carbocycles. The van der Waals surface area contributed by atoms with Gasteiger partial charge in [-0.3, -0.25) is 4.90 Å². The first kappa shape index (κ1) is 12.0. The summed E-state index contributed by atoms with van der Waals surface area (Å²) < 4.78 is 0. The normalized spacial score (nSPS) is 38.3. The summed E-state index contributed by atoms with van der Waals surface area (Å²) in [4.78, 5) is 2.88. The predicted octanol–water partition coefficient (Wildman–Crippen LogP) is 2.78. The molecule has 0 aromatic heterocycles. The van der Waals surface area contributed by atoms with Crippen LogP contribution in [0.15, 0.2) is 0 Å². The second-order valence-electron chi connectivity index (χ2n) is 6.43. The van der Waals surface area contributed by atoms with Gasteiger partial charge in [-0.05, 0) is 51.1 Å². The Balaban J connectivity index is 1.56. The molecule has 2 aliphatic heterocycles. The molecule has 2 bridgehead atoms. The molecule has 3 rings (SSSR count). The highest BCUT2D eigenvalue weighted by atomic mass is 15.2. The van der Waals surface area contributed by atoms with Gasteiger partial charge in [-0.1, -0.05) is 26.2 Å². The van der Waals surface area contributed by atoms with E-state index >= 15 is 0 Å². The smallest absolute Gasteiger partial charge is 0.0113 e. The monoisotopic (exact) mass is 236 g/mol. The van der Waals surface area contributed by atoms with E-state index in [4.69, 9.17) is 0 Å². The summed E-state index contributed by atoms with van der Waals surface area (Å²) >= 11 is 0. The van der Waals surface area contributed by atoms with Gasteiger partial charge in [0.1, 0.15) is 0 Å². The highest BCUT2D eigenvalue weighted by Gasteiger charge is 2.38. The van der Waals surface area contributed by atoms with Gasteiger partial charge in [0.05, 0.1) is 0 Å². The lowest BCUT2D eigenvalue weighted by atomic mass is 9.81. The van der Waals surface area contributed by atoms with Crippen LogP contribution in [0.2, 0.25) is 0 Å². The minimum atomic E-state index is 0.812. The standard InChI is InChI=1S/C15H28N2/c1-2-16-13-10-14-4-3-5-15(11-13)17(14)9-8-12-6-7-12/h12-16H,2-11H2,1H3. The van der Waals surface area contributed by atoms with Crippen LogP contribution in [-0.2, 0) is 0 Å². The van der Waals surface area contributed by atoms with Gasteiger partial charge in [0.15, 0.2) is 0 Å². The van der Waals surface area contributed by atoms with Crippen molar-refractivity contribution >= 4 is 0 Å². The average Bonchev–Trinajstić information content (AvgIpc) is 3.10. The number of hydrogen-bond donors (Lipinski definition) is 1. The highest BCUT2D eigenvalue weighted by molar-refractivity contribution is 4.95. The third-order valence-electron chi connectivity index (χ3n) is 5.11. The molecule has 3 aliphatic rings. The molecule has 2 nitrogen and oxygen atoms in total. The van der Waals surface area contributed by atoms with Crippen LogP contribution in [0.1, 0.15) is 58.3 Å². The maximum absolute atomic E-state index is 3.68. The Kier molecular flexibility index (Phi) is 3.72. The van der Waals surface area contributed by atoms with Gasteiger partial charge in [0, 0.05) is 18.1 Å². The average molecular weight is 236 g/mol. The molecule has 2 unspecified atom stereocenters. The van der Waals surface area contributed by atoms with Crippen molar-refractivity contribution in [2.75, 3.05) is 13.1 Å². The Morgan fingerprint density at radius 1 is 1.06 bits per heavy atom. The van der Waals surface area contributed by atoms with Gasteiger partial charge < -0.3 is 5.32 Å². The second kappa shape index (κ2) is 5.27. The summed E-state index contributed by atoms with van der Waals surface area (Å²) in [6.07, 6.45) is 11.7. The number of rotatable bonds is 5. The summed E-state index contributed by atoms with van der Waals surface area (Å²) in [7, 11) is 0. The summed E-state index contributed by atoms with van der Waals surface area (Å²) in [5.41, 5.74) is 0. The molecule has 2 heteroatoms. The van der Waals surface area contributed by atoms with Crippen molar-refractivity contribution in [3.63, 3.8) is 0 Å². The van der Waals surface area contributed by atoms with Crippen LogP contribution in [0.4, 0.5) is 0 Å². The quantitative estimate of drug-likeness (QED) is 0.789. The molecule has 0 radical (unpaired) electrons. The van der Waals surface area contributed by atoms with E-state index in [0.717, 1.165) is 30.6 Å². The third-order valence-corrected chi connectivity index (χ3v) is 5.11. The fourth-order valence-corrected chi connectivity index (χ4v) is 4.04. The highest BCUT2D eigenvalue weighted by Crippen LogP contribution is 2.37. The third kappa shape index (κ3) is 2.85. The van der Waals surface area contributed by atoms with E-state index in [-0.39, 0.29) is 0 Å². The Labute approximate surface area is 106 Å². The van der Waals surface area contributed by atoms with Crippen molar-refractivity contribution < 1.29 is 0 Å². The van der Waals surface area contributed by atoms with E-state index in [1.807, 2.05) is 0 Å². The molecule has 2 saturated heterocycles. The molecular formula is C15H28N2. The van der Waals surface area contributed by atoms with Crippen molar-refractivity contribution in [1.29, 1.82) is 0 Å². The molecule has 1 N–H and O–H groups in total. The fraction of sp³-hybridized carbons (Fsp3) is 1.00. The Hall–Kier alpha value is -0.0800. The summed E-state index contributed by atoms with van der Waals surface area (Å²) in [6, 6.07) is 2.63. The largest absolute Gasteiger partial charge is 0.314 e. The van der Waals surface area contributed by atoms with E-state index in [9.17, 15) is 0 Å². The van der Waals surface area contributed by atoms with Crippen LogP contribution in [0.5, 0.6) is 0 Å². The van der Waals surface area contributed by atoms with Gasteiger partial charge in [0.25, 0.3) is 0 Å². The summed E-state index contributed by atoms with van der Waals surface area (Å²) in [5.74, 6) is 1.10. The van der Waals surface area contributed by atoms with Crippen LogP contribution in [0, 0.1) is 5.92 Å². The summed E-state index contributed by atoms with van der Waals surface area (Å²) in [6.45, 7) is 4.79. The molecule has 0 aromatic carbocycles. The van der Waals surface area contributed by atoms with Crippen LogP contribution < -0.4 is 5.32 Å². The van der Waals surface area contributed by atoms with E-state index < -0.39 is 0 Å². The zero-order chi connectivity index (χ0) is 11.7. The number of hydrogen-bond acceptors (Lipinski definition) is 2. The Morgan fingerprint density at radius 3 is 2.35 bits per heavy atom. The molecule has 3 fully saturated rings. The fourth-order valence-electron chi connectivity index (χ4n) is 4.04. The number of fused-ring (bicyclic) bond motifs is 2. The second-order valence-corrected chi connectivity index (χ2v) is 6.43. The van der Waals surface area contributed by atoms with Crippen molar-refractivity contribution in [2.45, 2.75) is 76.4 Å². The SMILES string of the molecule is CCNC1CC2CCCC(C1)N2CCC1CC1. The van der Waals surface area contributed by atoms with E-state index in [0.29, 0.717) is 0 Å². The predicted molar refractivity (Wildman–Crippen MR) is 72.2 cm³/mol. The summed E-state index contributed by atoms with van der Waals surface area (Å²) in [5, 5.41) is 3.68. The first-order chi connectivity index (χ1) is 8.36. The number of piperidine rings is 2. The topological polar surface area (TPSA) is 15.3 Å². The van der Waals surface area contributed by atoms with Gasteiger partial charge in [-0.25, -0.2) is 0 Å². The van der Waals surface area contributed by atoms with Gasteiger partial charge >= 0.3 is 0 Å². The Bertz CT molecular complexity index is 235. The van der Waals surface area contributed by atoms with Crippen LogP contribution in [-0.4, -0.2) is 36.1 Å². The van der Waals surface area contributed by atoms with Crippen molar-refractivity contribution in [1.82, 2.24) is 10.2 Å². The van der Waals surface area contributed by atoms with E-state index in [1.165, 1.54) is 57.9 Å². The zero-order valence-corrected chi connectivity index (χ0v) is 11.3. The van der Waals surface area contributed by atoms with Crippen LogP contribution >= 0.6 is 0 Å². The first-order valence-electron chi connectivity index (χ1n) is 7.86. The molecule has 0 spiro atoms. The first-order valence-corrected chi connectivity index (χ1v) is 7.86. The van der Waals surface area contributed by atoms with Crippen molar-refractivity contribution in [2.24, 2.45) is 5.92 Å². The minimum Gasteiger partial charge on any atom is -0.314 e. The minimum absolute atomic E-state index is 0.812. The molecule has 1 aliphatic carbocycles. The lowest BCUT2D eigenvalue weighted by Crippen LogP contribution is -2.56. The maximum atomic E-state index is 3.68. The zero-order valence-electron chi connectivity index (χ0n) is 11.3. The van der Waals surface area contributed by atoms with Crippen LogP contribution in [0.3, 0.4) is 0 Å². The lowest BCUT2D eigenvalue weighted by Gasteiger charge is -2.49. The Morgan fingerprint density at radius 2 is 1.76 bits per heavy atom. The van der Waals surface area contributed by atoms with Crippen molar-refractivity contribution in [3.05, 3.63) is 0 Å². The lowest BCUT2D eigenvalue weighted by molar-refractivity contribution is 0.0230. The molecule has 0 amide bonds. The molecule has 2 atom stereocenters. The number of nitrogens with zero attached hydrogens (tertiary/aromatic N) is 1. The maximum Gasteiger partial charge on any atom is 0.0113 e. The van der Waals surface area contributed by atoms with Gasteiger partial charge in [-0.2, -0.15) is 0 Å². The van der Waals surface area contributed by atoms with Crippen LogP contribution in [0.25, 0.3) is 0 Å². The molecule has 17 heavy (non-hydrogen) atoms. The van der Waals surface area contributed by atoms with Gasteiger partial charge in [0.2, 0.25) is 0 Å². The molecule has 0 aromatic rings.